The maximum absolute atomic E-state index is 13.3. The second kappa shape index (κ2) is 5.13. The average molecular weight is 274 g/mol. The first-order valence-corrected chi connectivity index (χ1v) is 5.76. The van der Waals surface area contributed by atoms with Crippen LogP contribution in [0.5, 0.6) is 0 Å². The number of rotatable bonds is 2. The highest BCUT2D eigenvalue weighted by Gasteiger charge is 2.15. The van der Waals surface area contributed by atoms with Crippen molar-refractivity contribution in [3.8, 4) is 23.5 Å². The van der Waals surface area contributed by atoms with Crippen molar-refractivity contribution >= 4 is 23.6 Å². The van der Waals surface area contributed by atoms with Gasteiger partial charge in [-0.3, -0.25) is 4.79 Å². The summed E-state index contributed by atoms with van der Waals surface area (Å²) in [5.41, 5.74) is 7.58. The van der Waals surface area contributed by atoms with Gasteiger partial charge in [0.15, 0.2) is 6.29 Å². The molecule has 2 aromatic carbocycles. The largest absolute Gasteiger partial charge is 0.397 e. The molecule has 0 saturated carbocycles. The number of nitrogens with two attached hydrogens (primary N) is 1. The minimum atomic E-state index is -0.425. The summed E-state index contributed by atoms with van der Waals surface area (Å²) in [5.74, 6) is 1.95. The molecule has 0 aliphatic heterocycles. The number of aldehydes is 1. The van der Waals surface area contributed by atoms with Gasteiger partial charge in [-0.1, -0.05) is 29.7 Å². The lowest BCUT2D eigenvalue weighted by molar-refractivity contribution is 0.112. The molecule has 0 saturated heterocycles. The van der Waals surface area contributed by atoms with Crippen LogP contribution in [0.4, 0.5) is 10.1 Å². The summed E-state index contributed by atoms with van der Waals surface area (Å²) in [6.45, 7) is 0. The zero-order valence-corrected chi connectivity index (χ0v) is 10.5. The van der Waals surface area contributed by atoms with E-state index in [9.17, 15) is 9.18 Å². The number of hydrogen-bond acceptors (Lipinski definition) is 2. The van der Waals surface area contributed by atoms with Gasteiger partial charge in [0.2, 0.25) is 0 Å². The highest BCUT2D eigenvalue weighted by molar-refractivity contribution is 6.33. The zero-order chi connectivity index (χ0) is 14.0. The highest BCUT2D eigenvalue weighted by atomic mass is 35.5. The van der Waals surface area contributed by atoms with E-state index >= 15 is 0 Å². The van der Waals surface area contributed by atoms with Crippen molar-refractivity contribution in [2.24, 2.45) is 0 Å². The molecule has 19 heavy (non-hydrogen) atoms. The second-order valence-corrected chi connectivity index (χ2v) is 4.29. The maximum Gasteiger partial charge on any atom is 0.150 e. The Kier molecular flexibility index (Phi) is 3.55. The first-order valence-electron chi connectivity index (χ1n) is 5.38. The van der Waals surface area contributed by atoms with E-state index in [0.717, 1.165) is 0 Å². The van der Waals surface area contributed by atoms with E-state index in [1.165, 1.54) is 24.3 Å². The van der Waals surface area contributed by atoms with Crippen LogP contribution in [0, 0.1) is 18.2 Å². The fraction of sp³-hybridized carbons (Fsp3) is 0. The third-order valence-electron chi connectivity index (χ3n) is 2.73. The van der Waals surface area contributed by atoms with Gasteiger partial charge in [0.05, 0.1) is 16.3 Å². The fourth-order valence-electron chi connectivity index (χ4n) is 1.90. The van der Waals surface area contributed by atoms with Gasteiger partial charge in [0.1, 0.15) is 5.82 Å². The van der Waals surface area contributed by atoms with Crippen molar-refractivity contribution in [1.29, 1.82) is 0 Å². The Morgan fingerprint density at radius 1 is 1.37 bits per heavy atom. The Labute approximate surface area is 115 Å². The first kappa shape index (κ1) is 13.1. The molecule has 0 aliphatic carbocycles. The van der Waals surface area contributed by atoms with Crippen LogP contribution in [0.2, 0.25) is 5.02 Å². The molecule has 0 aromatic heterocycles. The number of hydrogen-bond donors (Lipinski definition) is 1. The van der Waals surface area contributed by atoms with E-state index < -0.39 is 5.82 Å². The number of anilines is 1. The summed E-state index contributed by atoms with van der Waals surface area (Å²) in [6.07, 6.45) is 5.96. The molecule has 0 atom stereocenters. The lowest BCUT2D eigenvalue weighted by Crippen LogP contribution is -2.00. The molecule has 94 valence electrons. The predicted molar refractivity (Wildman–Crippen MR) is 74.6 cm³/mol. The van der Waals surface area contributed by atoms with Gasteiger partial charge in [-0.05, 0) is 23.8 Å². The topological polar surface area (TPSA) is 43.1 Å². The standard InChI is InChI=1S/C15H9ClFNO/c1-2-12-13(16)7-10(8-19)14(15(12)18)9-4-3-5-11(17)6-9/h1,3-8H,18H2. The summed E-state index contributed by atoms with van der Waals surface area (Å²) in [7, 11) is 0. The van der Waals surface area contributed by atoms with Crippen molar-refractivity contribution in [3.05, 3.63) is 52.3 Å². The highest BCUT2D eigenvalue weighted by Crippen LogP contribution is 2.35. The normalized spacial score (nSPS) is 9.95. The van der Waals surface area contributed by atoms with Gasteiger partial charge < -0.3 is 5.73 Å². The average Bonchev–Trinajstić information content (AvgIpc) is 2.38. The van der Waals surface area contributed by atoms with E-state index in [2.05, 4.69) is 5.92 Å². The Morgan fingerprint density at radius 3 is 2.68 bits per heavy atom. The molecule has 0 fully saturated rings. The zero-order valence-electron chi connectivity index (χ0n) is 9.78. The quantitative estimate of drug-likeness (QED) is 0.517. The number of benzene rings is 2. The van der Waals surface area contributed by atoms with Crippen LogP contribution < -0.4 is 5.73 Å². The number of carbonyl (C=O) groups excluding carboxylic acids is 1. The summed E-state index contributed by atoms with van der Waals surface area (Å²) in [5, 5.41) is 0.224. The Morgan fingerprint density at radius 2 is 2.11 bits per heavy atom. The molecule has 2 rings (SSSR count). The molecule has 4 heteroatoms. The van der Waals surface area contributed by atoms with Crippen molar-refractivity contribution < 1.29 is 9.18 Å². The summed E-state index contributed by atoms with van der Waals surface area (Å²) in [4.78, 5) is 11.1. The van der Waals surface area contributed by atoms with Gasteiger partial charge >= 0.3 is 0 Å². The molecular weight excluding hydrogens is 265 g/mol. The molecule has 0 unspecified atom stereocenters. The van der Waals surface area contributed by atoms with Crippen LogP contribution in [0.25, 0.3) is 11.1 Å². The van der Waals surface area contributed by atoms with E-state index in [4.69, 9.17) is 23.8 Å². The van der Waals surface area contributed by atoms with Gasteiger partial charge in [0.25, 0.3) is 0 Å². The van der Waals surface area contributed by atoms with Gasteiger partial charge in [-0.2, -0.15) is 0 Å². The van der Waals surface area contributed by atoms with Crippen molar-refractivity contribution in [2.75, 3.05) is 5.73 Å². The Bertz CT molecular complexity index is 704. The van der Waals surface area contributed by atoms with Crippen LogP contribution in [-0.2, 0) is 0 Å². The first-order chi connectivity index (χ1) is 9.08. The summed E-state index contributed by atoms with van der Waals surface area (Å²) in [6, 6.07) is 7.20. The molecule has 2 nitrogen and oxygen atoms in total. The number of carbonyl (C=O) groups is 1. The van der Waals surface area contributed by atoms with Crippen LogP contribution in [0.15, 0.2) is 30.3 Å². The molecular formula is C15H9ClFNO. The molecule has 0 aliphatic rings. The molecule has 2 N–H and O–H groups in total. The number of nitrogen functional groups attached to an aromatic ring is 1. The van der Waals surface area contributed by atoms with Crippen LogP contribution >= 0.6 is 11.6 Å². The van der Waals surface area contributed by atoms with E-state index in [1.807, 2.05) is 0 Å². The Hall–Kier alpha value is -2.31. The molecule has 0 spiro atoms. The van der Waals surface area contributed by atoms with Crippen molar-refractivity contribution in [3.63, 3.8) is 0 Å². The van der Waals surface area contributed by atoms with Crippen LogP contribution in [0.1, 0.15) is 15.9 Å². The lowest BCUT2D eigenvalue weighted by atomic mass is 9.95. The molecule has 2 aromatic rings. The van der Waals surface area contributed by atoms with E-state index in [0.29, 0.717) is 23.0 Å². The summed E-state index contributed by atoms with van der Waals surface area (Å²) >= 11 is 5.95. The number of terminal acetylenes is 1. The third kappa shape index (κ3) is 2.31. The SMILES string of the molecule is C#Cc1c(Cl)cc(C=O)c(-c2cccc(F)c2)c1N. The predicted octanol–water partition coefficient (Wildman–Crippen LogP) is 3.52. The number of halogens is 2. The Balaban J connectivity index is 2.82. The second-order valence-electron chi connectivity index (χ2n) is 3.88. The fourth-order valence-corrected chi connectivity index (χ4v) is 2.17. The molecule has 0 bridgehead atoms. The smallest absolute Gasteiger partial charge is 0.150 e. The minimum Gasteiger partial charge on any atom is -0.397 e. The minimum absolute atomic E-state index is 0.197. The van der Waals surface area contributed by atoms with Gasteiger partial charge in [-0.15, -0.1) is 6.42 Å². The van der Waals surface area contributed by atoms with Crippen LogP contribution in [0.3, 0.4) is 0 Å². The third-order valence-corrected chi connectivity index (χ3v) is 3.03. The van der Waals surface area contributed by atoms with Gasteiger partial charge in [0, 0.05) is 11.1 Å². The molecule has 0 radical (unpaired) electrons. The van der Waals surface area contributed by atoms with E-state index in [-0.39, 0.29) is 16.3 Å². The van der Waals surface area contributed by atoms with Gasteiger partial charge in [-0.25, -0.2) is 4.39 Å². The molecule has 0 heterocycles. The van der Waals surface area contributed by atoms with Crippen molar-refractivity contribution in [2.45, 2.75) is 0 Å². The van der Waals surface area contributed by atoms with Crippen molar-refractivity contribution in [1.82, 2.24) is 0 Å². The summed E-state index contributed by atoms with van der Waals surface area (Å²) < 4.78 is 13.3. The molecule has 0 amide bonds. The van der Waals surface area contributed by atoms with Crippen LogP contribution in [-0.4, -0.2) is 6.29 Å². The monoisotopic (exact) mass is 273 g/mol. The lowest BCUT2D eigenvalue weighted by Gasteiger charge is -2.12. The van der Waals surface area contributed by atoms with E-state index in [1.54, 1.807) is 6.07 Å². The maximum atomic E-state index is 13.3.